The first kappa shape index (κ1) is 8.19. The van der Waals surface area contributed by atoms with Gasteiger partial charge in [0.2, 0.25) is 0 Å². The Hall–Kier alpha value is 0. The fraction of sp³-hybridized carbons (Fsp3) is 1.00. The van der Waals surface area contributed by atoms with E-state index in [1.807, 2.05) is 0 Å². The lowest BCUT2D eigenvalue weighted by molar-refractivity contribution is -0.125. The fourth-order valence-corrected chi connectivity index (χ4v) is 5.17. The maximum atomic E-state index is 1.62. The van der Waals surface area contributed by atoms with E-state index < -0.39 is 0 Å². The topological polar surface area (TPSA) is 0 Å². The normalized spacial score (nSPS) is 60.0. The molecule has 0 bridgehead atoms. The molecule has 4 rings (SSSR count). The molecule has 0 N–H and O–H groups in total. The van der Waals surface area contributed by atoms with Gasteiger partial charge >= 0.3 is 0 Å². The van der Waals surface area contributed by atoms with E-state index in [1.54, 1.807) is 51.4 Å². The third kappa shape index (κ3) is 0.907. The van der Waals surface area contributed by atoms with Gasteiger partial charge in [0.25, 0.3) is 0 Å². The highest BCUT2D eigenvalue weighted by Crippen LogP contribution is 2.63. The van der Waals surface area contributed by atoms with Gasteiger partial charge < -0.3 is 0 Å². The van der Waals surface area contributed by atoms with Crippen molar-refractivity contribution in [1.29, 1.82) is 0 Å². The van der Waals surface area contributed by atoms with Gasteiger partial charge in [0.1, 0.15) is 0 Å². The highest BCUT2D eigenvalue weighted by molar-refractivity contribution is 5.04. The largest absolute Gasteiger partial charge is 0.0499 e. The van der Waals surface area contributed by atoms with Gasteiger partial charge in [-0.3, -0.25) is 0 Å². The van der Waals surface area contributed by atoms with Crippen LogP contribution in [0.15, 0.2) is 0 Å². The van der Waals surface area contributed by atoms with Crippen LogP contribution in [0.25, 0.3) is 0 Å². The Morgan fingerprint density at radius 1 is 0.357 bits per heavy atom. The smallest absolute Gasteiger partial charge is 0.0352 e. The number of hydrogen-bond acceptors (Lipinski definition) is 0. The van der Waals surface area contributed by atoms with E-state index in [4.69, 9.17) is 0 Å². The van der Waals surface area contributed by atoms with Crippen LogP contribution in [0.5, 0.6) is 0 Å². The van der Waals surface area contributed by atoms with Crippen molar-refractivity contribution in [2.24, 2.45) is 35.5 Å². The lowest BCUT2D eigenvalue weighted by atomic mass is 9.43. The Balaban J connectivity index is 1.48. The van der Waals surface area contributed by atoms with Crippen LogP contribution in [-0.2, 0) is 0 Å². The predicted molar refractivity (Wildman–Crippen MR) is 57.9 cm³/mol. The Morgan fingerprint density at radius 3 is 0.929 bits per heavy atom. The Kier molecular flexibility index (Phi) is 1.62. The second-order valence-corrected chi connectivity index (χ2v) is 6.48. The maximum Gasteiger partial charge on any atom is -0.0352 e. The van der Waals surface area contributed by atoms with Crippen LogP contribution >= 0.6 is 0 Å². The van der Waals surface area contributed by atoms with E-state index in [0.717, 1.165) is 0 Å². The van der Waals surface area contributed by atoms with Crippen LogP contribution in [0.1, 0.15) is 51.4 Å². The Bertz CT molecular complexity index is 210. The molecule has 4 aliphatic rings. The molecule has 0 aromatic heterocycles. The van der Waals surface area contributed by atoms with Crippen LogP contribution in [0.2, 0.25) is 0 Å². The van der Waals surface area contributed by atoms with Crippen molar-refractivity contribution in [1.82, 2.24) is 0 Å². The quantitative estimate of drug-likeness (QED) is 0.544. The van der Waals surface area contributed by atoms with Crippen LogP contribution in [0.4, 0.5) is 0 Å². The van der Waals surface area contributed by atoms with Crippen LogP contribution in [0.3, 0.4) is 0 Å². The van der Waals surface area contributed by atoms with Gasteiger partial charge in [0, 0.05) is 0 Å². The van der Waals surface area contributed by atoms with Crippen LogP contribution < -0.4 is 0 Å². The lowest BCUT2D eigenvalue weighted by Gasteiger charge is -2.62. The van der Waals surface area contributed by atoms with E-state index in [1.165, 1.54) is 35.5 Å². The van der Waals surface area contributed by atoms with E-state index in [9.17, 15) is 0 Å². The zero-order valence-corrected chi connectivity index (χ0v) is 9.12. The number of hydrogen-bond donors (Lipinski definition) is 0. The second-order valence-electron chi connectivity index (χ2n) is 6.48. The Labute approximate surface area is 87.5 Å². The first-order chi connectivity index (χ1) is 6.93. The molecule has 0 nitrogen and oxygen atoms in total. The molecular formula is C14H22. The summed E-state index contributed by atoms with van der Waals surface area (Å²) in [4.78, 5) is 0. The summed E-state index contributed by atoms with van der Waals surface area (Å²) in [5.41, 5.74) is 0. The van der Waals surface area contributed by atoms with Crippen molar-refractivity contribution in [3.8, 4) is 0 Å². The summed E-state index contributed by atoms with van der Waals surface area (Å²) >= 11 is 0. The summed E-state index contributed by atoms with van der Waals surface area (Å²) in [7, 11) is 0. The number of rotatable bonds is 0. The molecule has 0 saturated heterocycles. The van der Waals surface area contributed by atoms with Crippen molar-refractivity contribution < 1.29 is 0 Å². The summed E-state index contributed by atoms with van der Waals surface area (Å²) < 4.78 is 0. The van der Waals surface area contributed by atoms with Gasteiger partial charge in [-0.25, -0.2) is 0 Å². The molecule has 0 aromatic carbocycles. The predicted octanol–water partition coefficient (Wildman–Crippen LogP) is 3.86. The monoisotopic (exact) mass is 190 g/mol. The standard InChI is InChI=1S/C14H22/c1-2-10-4-6-12-11(5-3-9(1)10)13-7-8-14(12)13/h9-14H,1-8H2. The molecule has 4 saturated carbocycles. The van der Waals surface area contributed by atoms with Crippen LogP contribution in [-0.4, -0.2) is 0 Å². The first-order valence-corrected chi connectivity index (χ1v) is 6.93. The zero-order chi connectivity index (χ0) is 9.12. The maximum absolute atomic E-state index is 1.62. The van der Waals surface area contributed by atoms with Gasteiger partial charge in [-0.05, 0) is 86.9 Å². The molecular weight excluding hydrogens is 168 g/mol. The molecule has 4 aliphatic carbocycles. The van der Waals surface area contributed by atoms with Crippen molar-refractivity contribution in [2.45, 2.75) is 51.4 Å². The third-order valence-corrected chi connectivity index (χ3v) is 6.35. The molecule has 14 heavy (non-hydrogen) atoms. The van der Waals surface area contributed by atoms with E-state index >= 15 is 0 Å². The molecule has 0 aliphatic heterocycles. The van der Waals surface area contributed by atoms with E-state index in [0.29, 0.717) is 0 Å². The molecule has 4 fully saturated rings. The number of fused-ring (bicyclic) bond motifs is 5. The van der Waals surface area contributed by atoms with Crippen molar-refractivity contribution >= 4 is 0 Å². The molecule has 6 unspecified atom stereocenters. The average Bonchev–Trinajstić information content (AvgIpc) is 2.10. The van der Waals surface area contributed by atoms with Crippen molar-refractivity contribution in [2.75, 3.05) is 0 Å². The van der Waals surface area contributed by atoms with Gasteiger partial charge in [-0.2, -0.15) is 0 Å². The average molecular weight is 190 g/mol. The lowest BCUT2D eigenvalue weighted by Crippen LogP contribution is -2.54. The van der Waals surface area contributed by atoms with Gasteiger partial charge in [0.05, 0.1) is 0 Å². The molecule has 0 amide bonds. The highest BCUT2D eigenvalue weighted by Gasteiger charge is 2.55. The highest BCUT2D eigenvalue weighted by atomic mass is 14.6. The third-order valence-electron chi connectivity index (χ3n) is 6.35. The summed E-state index contributed by atoms with van der Waals surface area (Å²) in [6.45, 7) is 0. The minimum absolute atomic E-state index is 1.18. The first-order valence-electron chi connectivity index (χ1n) is 6.93. The van der Waals surface area contributed by atoms with E-state index in [2.05, 4.69) is 0 Å². The van der Waals surface area contributed by atoms with Crippen LogP contribution in [0, 0.1) is 35.5 Å². The van der Waals surface area contributed by atoms with E-state index in [-0.39, 0.29) is 0 Å². The van der Waals surface area contributed by atoms with Gasteiger partial charge in [-0.15, -0.1) is 0 Å². The molecule has 0 heterocycles. The zero-order valence-electron chi connectivity index (χ0n) is 9.12. The Morgan fingerprint density at radius 2 is 0.643 bits per heavy atom. The minimum atomic E-state index is 1.18. The minimum Gasteiger partial charge on any atom is -0.0499 e. The summed E-state index contributed by atoms with van der Waals surface area (Å²) in [6, 6.07) is 0. The summed E-state index contributed by atoms with van der Waals surface area (Å²) in [5, 5.41) is 0. The molecule has 0 radical (unpaired) electrons. The molecule has 6 atom stereocenters. The van der Waals surface area contributed by atoms with Crippen molar-refractivity contribution in [3.05, 3.63) is 0 Å². The van der Waals surface area contributed by atoms with Gasteiger partial charge in [0.15, 0.2) is 0 Å². The molecule has 0 heteroatoms. The second kappa shape index (κ2) is 2.77. The SMILES string of the molecule is C1CC2CCC3C(CCC12)C1CCC31. The van der Waals surface area contributed by atoms with Crippen molar-refractivity contribution in [3.63, 3.8) is 0 Å². The summed E-state index contributed by atoms with van der Waals surface area (Å²) in [5.74, 6) is 7.20. The molecule has 0 spiro atoms. The fourth-order valence-electron chi connectivity index (χ4n) is 5.17. The summed E-state index contributed by atoms with van der Waals surface area (Å²) in [6.07, 6.45) is 12.8. The molecule has 78 valence electrons. The molecule has 0 aromatic rings. The van der Waals surface area contributed by atoms with Gasteiger partial charge in [-0.1, -0.05) is 0 Å².